The molecule has 2 atom stereocenters. The van der Waals surface area contributed by atoms with E-state index in [0.717, 1.165) is 6.42 Å². The van der Waals surface area contributed by atoms with Gasteiger partial charge < -0.3 is 10.6 Å². The summed E-state index contributed by atoms with van der Waals surface area (Å²) in [5, 5.41) is -0.636. The molecule has 2 unspecified atom stereocenters. The Morgan fingerprint density at radius 1 is 1.50 bits per heavy atom. The first-order valence-electron chi connectivity index (χ1n) is 6.08. The maximum atomic E-state index is 12.0. The van der Waals surface area contributed by atoms with E-state index in [1.54, 1.807) is 4.90 Å². The van der Waals surface area contributed by atoms with Gasteiger partial charge in [0.1, 0.15) is 11.4 Å². The molecule has 18 heavy (non-hydrogen) atoms. The minimum absolute atomic E-state index is 0.121. The first-order chi connectivity index (χ1) is 8.21. The molecule has 0 saturated heterocycles. The van der Waals surface area contributed by atoms with E-state index in [2.05, 4.69) is 4.99 Å². The Hall–Kier alpha value is -1.11. The van der Waals surface area contributed by atoms with Gasteiger partial charge in [-0.15, -0.1) is 0 Å². The number of carbonyl (C=O) groups excluding carboxylic acids is 1. The van der Waals surface area contributed by atoms with Crippen molar-refractivity contribution in [1.82, 2.24) is 4.90 Å². The molecule has 6 nitrogen and oxygen atoms in total. The average Bonchev–Trinajstić information content (AvgIpc) is 2.70. The lowest BCUT2D eigenvalue weighted by atomic mass is 9.93. The third-order valence-electron chi connectivity index (χ3n) is 3.89. The van der Waals surface area contributed by atoms with E-state index in [4.69, 9.17) is 5.73 Å². The van der Waals surface area contributed by atoms with Gasteiger partial charge in [0.05, 0.1) is 5.25 Å². The van der Waals surface area contributed by atoms with Crippen LogP contribution in [-0.2, 0) is 9.84 Å². The van der Waals surface area contributed by atoms with Gasteiger partial charge in [-0.2, -0.15) is 4.99 Å². The minimum Gasteiger partial charge on any atom is -0.385 e. The zero-order chi connectivity index (χ0) is 13.7. The van der Waals surface area contributed by atoms with Crippen LogP contribution in [0.4, 0.5) is 4.79 Å². The number of aliphatic imine (C=N–C) groups is 1. The molecule has 1 fully saturated rings. The number of carbonyl (C=O) groups is 1. The van der Waals surface area contributed by atoms with Crippen LogP contribution < -0.4 is 5.73 Å². The van der Waals surface area contributed by atoms with Gasteiger partial charge in [-0.1, -0.05) is 0 Å². The summed E-state index contributed by atoms with van der Waals surface area (Å²) in [5.41, 5.74) is 4.99. The second-order valence-corrected chi connectivity index (χ2v) is 7.61. The zero-order valence-electron chi connectivity index (χ0n) is 10.9. The SMILES string of the molecule is CC(C)N1C(=O)N=C(N)C12CCCC2S(C)(=O)=O. The number of amidine groups is 1. The largest absolute Gasteiger partial charge is 0.385 e. The normalized spacial score (nSPS) is 32.7. The third-order valence-corrected chi connectivity index (χ3v) is 5.54. The van der Waals surface area contributed by atoms with Gasteiger partial charge in [-0.3, -0.25) is 0 Å². The van der Waals surface area contributed by atoms with Crippen molar-refractivity contribution in [1.29, 1.82) is 0 Å². The van der Waals surface area contributed by atoms with Crippen LogP contribution in [0.5, 0.6) is 0 Å². The predicted molar refractivity (Wildman–Crippen MR) is 69.2 cm³/mol. The molecule has 2 aliphatic rings. The first-order valence-corrected chi connectivity index (χ1v) is 8.03. The van der Waals surface area contributed by atoms with Crippen LogP contribution in [0.1, 0.15) is 33.1 Å². The van der Waals surface area contributed by atoms with Crippen LogP contribution in [0.25, 0.3) is 0 Å². The highest BCUT2D eigenvalue weighted by molar-refractivity contribution is 7.91. The van der Waals surface area contributed by atoms with E-state index in [9.17, 15) is 13.2 Å². The molecule has 0 aromatic heterocycles. The lowest BCUT2D eigenvalue weighted by Gasteiger charge is -2.41. The van der Waals surface area contributed by atoms with E-state index < -0.39 is 26.7 Å². The molecule has 0 aromatic rings. The Labute approximate surface area is 107 Å². The van der Waals surface area contributed by atoms with E-state index in [1.807, 2.05) is 13.8 Å². The summed E-state index contributed by atoms with van der Waals surface area (Å²) in [6.07, 6.45) is 3.05. The number of nitrogens with zero attached hydrogens (tertiary/aromatic N) is 2. The van der Waals surface area contributed by atoms with Crippen molar-refractivity contribution in [3.8, 4) is 0 Å². The molecule has 1 heterocycles. The highest BCUT2D eigenvalue weighted by Gasteiger charge is 2.60. The number of hydrogen-bond donors (Lipinski definition) is 1. The molecule has 2 N–H and O–H groups in total. The molecule has 7 heteroatoms. The number of urea groups is 1. The maximum absolute atomic E-state index is 12.0. The van der Waals surface area contributed by atoms with Crippen molar-refractivity contribution in [3.63, 3.8) is 0 Å². The standard InChI is InChI=1S/C11H19N3O3S/c1-7(2)14-10(15)13-9(12)11(14)6-4-5-8(11)18(3,16)17/h7-8H,4-6H2,1-3H3,(H2,12,13,15). The summed E-state index contributed by atoms with van der Waals surface area (Å²) in [7, 11) is -3.27. The van der Waals surface area contributed by atoms with Gasteiger partial charge in [0.15, 0.2) is 9.84 Å². The number of sulfone groups is 1. The van der Waals surface area contributed by atoms with E-state index in [-0.39, 0.29) is 11.9 Å². The Kier molecular flexibility index (Phi) is 2.92. The predicted octanol–water partition coefficient (Wildman–Crippen LogP) is 0.524. The van der Waals surface area contributed by atoms with Crippen LogP contribution in [0.15, 0.2) is 4.99 Å². The topological polar surface area (TPSA) is 92.8 Å². The Morgan fingerprint density at radius 2 is 2.11 bits per heavy atom. The molecule has 1 spiro atoms. The Bertz CT molecular complexity index is 512. The van der Waals surface area contributed by atoms with Crippen LogP contribution in [0.3, 0.4) is 0 Å². The highest BCUT2D eigenvalue weighted by Crippen LogP contribution is 2.43. The number of nitrogens with two attached hydrogens (primary N) is 1. The molecule has 1 aliphatic heterocycles. The summed E-state index contributed by atoms with van der Waals surface area (Å²) in [5.74, 6) is 0.161. The van der Waals surface area contributed by atoms with Crippen molar-refractivity contribution in [2.24, 2.45) is 10.7 Å². The van der Waals surface area contributed by atoms with Crippen molar-refractivity contribution >= 4 is 21.7 Å². The molecular formula is C11H19N3O3S. The van der Waals surface area contributed by atoms with Crippen LogP contribution >= 0.6 is 0 Å². The number of amides is 2. The fourth-order valence-electron chi connectivity index (χ4n) is 3.32. The quantitative estimate of drug-likeness (QED) is 0.794. The maximum Gasteiger partial charge on any atom is 0.346 e. The van der Waals surface area contributed by atoms with Crippen molar-refractivity contribution < 1.29 is 13.2 Å². The molecule has 2 rings (SSSR count). The third kappa shape index (κ3) is 1.64. The van der Waals surface area contributed by atoms with Gasteiger partial charge in [0.2, 0.25) is 0 Å². The van der Waals surface area contributed by atoms with Crippen LogP contribution in [0, 0.1) is 0 Å². The van der Waals surface area contributed by atoms with Gasteiger partial charge in [0, 0.05) is 12.3 Å². The van der Waals surface area contributed by atoms with Crippen LogP contribution in [0.2, 0.25) is 0 Å². The van der Waals surface area contributed by atoms with Gasteiger partial charge in [0.25, 0.3) is 0 Å². The fourth-order valence-corrected chi connectivity index (χ4v) is 4.98. The molecule has 0 aromatic carbocycles. The summed E-state index contributed by atoms with van der Waals surface area (Å²) >= 11 is 0. The summed E-state index contributed by atoms with van der Waals surface area (Å²) < 4.78 is 23.9. The van der Waals surface area contributed by atoms with Gasteiger partial charge >= 0.3 is 6.03 Å². The number of hydrogen-bond acceptors (Lipinski definition) is 4. The average molecular weight is 273 g/mol. The summed E-state index contributed by atoms with van der Waals surface area (Å²) in [6, 6.07) is -0.539. The number of rotatable bonds is 2. The molecule has 0 radical (unpaired) electrons. The highest BCUT2D eigenvalue weighted by atomic mass is 32.2. The van der Waals surface area contributed by atoms with Crippen molar-refractivity contribution in [2.75, 3.05) is 6.26 Å². The molecule has 1 saturated carbocycles. The van der Waals surface area contributed by atoms with E-state index in [1.165, 1.54) is 6.26 Å². The lowest BCUT2D eigenvalue weighted by molar-refractivity contribution is 0.150. The lowest BCUT2D eigenvalue weighted by Crippen LogP contribution is -2.62. The second-order valence-electron chi connectivity index (χ2n) is 5.38. The molecule has 0 bridgehead atoms. The van der Waals surface area contributed by atoms with Gasteiger partial charge in [-0.05, 0) is 33.1 Å². The second kappa shape index (κ2) is 3.94. The fraction of sp³-hybridized carbons (Fsp3) is 0.818. The Morgan fingerprint density at radius 3 is 2.61 bits per heavy atom. The van der Waals surface area contributed by atoms with Crippen LogP contribution in [-0.4, -0.2) is 48.3 Å². The molecule has 102 valence electrons. The summed E-state index contributed by atoms with van der Waals surface area (Å²) in [6.45, 7) is 3.71. The Balaban J connectivity index is 2.57. The smallest absolute Gasteiger partial charge is 0.346 e. The zero-order valence-corrected chi connectivity index (χ0v) is 11.7. The molecule has 2 amide bonds. The van der Waals surface area contributed by atoms with Gasteiger partial charge in [-0.25, -0.2) is 13.2 Å². The first kappa shape index (κ1) is 13.3. The van der Waals surface area contributed by atoms with E-state index in [0.29, 0.717) is 12.8 Å². The van der Waals surface area contributed by atoms with Crippen molar-refractivity contribution in [2.45, 2.75) is 49.9 Å². The monoisotopic (exact) mass is 273 g/mol. The molecular weight excluding hydrogens is 254 g/mol. The van der Waals surface area contributed by atoms with E-state index >= 15 is 0 Å². The molecule has 1 aliphatic carbocycles. The minimum atomic E-state index is -3.27. The summed E-state index contributed by atoms with van der Waals surface area (Å²) in [4.78, 5) is 17.3. The van der Waals surface area contributed by atoms with Crippen molar-refractivity contribution in [3.05, 3.63) is 0 Å².